The van der Waals surface area contributed by atoms with Crippen molar-refractivity contribution in [3.8, 4) is 0 Å². The number of unbranched alkanes of at least 4 members (excludes halogenated alkanes) is 8. The molecule has 0 fully saturated rings. The van der Waals surface area contributed by atoms with Crippen LogP contribution in [0.5, 0.6) is 0 Å². The fraction of sp³-hybridized carbons (Fsp3) is 0.682. The topological polar surface area (TPSA) is 35.5 Å². The summed E-state index contributed by atoms with van der Waals surface area (Å²) in [6, 6.07) is 10.0. The normalized spacial score (nSPS) is 11.9. The Labute approximate surface area is 154 Å². The number of hydrogen-bond donors (Lipinski definition) is 0. The van der Waals surface area contributed by atoms with E-state index in [4.69, 9.17) is 9.47 Å². The Bertz CT molecular complexity index is 430. The maximum atomic E-state index is 12.0. The smallest absolute Gasteiger partial charge is 0.434 e. The lowest BCUT2D eigenvalue weighted by Gasteiger charge is -2.18. The molecule has 25 heavy (non-hydrogen) atoms. The summed E-state index contributed by atoms with van der Waals surface area (Å²) in [6.07, 6.45) is 11.9. The van der Waals surface area contributed by atoms with Crippen LogP contribution >= 0.6 is 0 Å². The van der Waals surface area contributed by atoms with Crippen LogP contribution in [0.2, 0.25) is 0 Å². The monoisotopic (exact) mass is 348 g/mol. The van der Waals surface area contributed by atoms with E-state index >= 15 is 0 Å². The van der Waals surface area contributed by atoms with Gasteiger partial charge in [0.05, 0.1) is 6.61 Å². The van der Waals surface area contributed by atoms with Crippen molar-refractivity contribution < 1.29 is 14.3 Å². The van der Waals surface area contributed by atoms with Crippen LogP contribution in [-0.2, 0) is 9.47 Å². The first-order chi connectivity index (χ1) is 12.3. The third kappa shape index (κ3) is 10.9. The van der Waals surface area contributed by atoms with Gasteiger partial charge in [0, 0.05) is 0 Å². The van der Waals surface area contributed by atoms with Crippen molar-refractivity contribution in [3.63, 3.8) is 0 Å². The molecule has 3 heteroatoms. The standard InChI is InChI=1S/C22H36O3/c1-3-5-7-9-14-18-21(20-16-12-11-13-17-20)25-22(23)24-19-15-10-8-6-4-2/h11-13,16-17,21H,3-10,14-15,18-19H2,1-2H3. The van der Waals surface area contributed by atoms with Crippen molar-refractivity contribution in [2.75, 3.05) is 6.61 Å². The molecule has 142 valence electrons. The zero-order valence-corrected chi connectivity index (χ0v) is 16.2. The van der Waals surface area contributed by atoms with E-state index in [9.17, 15) is 4.79 Å². The molecule has 0 bridgehead atoms. The third-order valence-corrected chi connectivity index (χ3v) is 4.45. The molecule has 1 aromatic rings. The van der Waals surface area contributed by atoms with Gasteiger partial charge in [-0.25, -0.2) is 4.79 Å². The van der Waals surface area contributed by atoms with Gasteiger partial charge in [0.2, 0.25) is 0 Å². The van der Waals surface area contributed by atoms with Gasteiger partial charge in [0.15, 0.2) is 0 Å². The largest absolute Gasteiger partial charge is 0.508 e. The molecule has 0 aliphatic carbocycles. The molecule has 0 aliphatic rings. The minimum Gasteiger partial charge on any atom is -0.434 e. The van der Waals surface area contributed by atoms with Crippen LogP contribution in [0.4, 0.5) is 4.79 Å². The van der Waals surface area contributed by atoms with Crippen LogP contribution in [0.25, 0.3) is 0 Å². The first kappa shape index (κ1) is 21.5. The third-order valence-electron chi connectivity index (χ3n) is 4.45. The Hall–Kier alpha value is -1.51. The minimum atomic E-state index is -0.530. The van der Waals surface area contributed by atoms with Crippen LogP contribution in [0.3, 0.4) is 0 Å². The van der Waals surface area contributed by atoms with Crippen molar-refractivity contribution in [1.29, 1.82) is 0 Å². The molecule has 0 aliphatic heterocycles. The van der Waals surface area contributed by atoms with Crippen molar-refractivity contribution in [3.05, 3.63) is 35.9 Å². The Morgan fingerprint density at radius 1 is 0.840 bits per heavy atom. The summed E-state index contributed by atoms with van der Waals surface area (Å²) in [6.45, 7) is 4.87. The molecule has 1 aromatic carbocycles. The number of ether oxygens (including phenoxy) is 2. The van der Waals surface area contributed by atoms with Gasteiger partial charge in [-0.1, -0.05) is 95.5 Å². The summed E-state index contributed by atoms with van der Waals surface area (Å²) in [4.78, 5) is 12.0. The van der Waals surface area contributed by atoms with Crippen LogP contribution in [0.15, 0.2) is 30.3 Å². The van der Waals surface area contributed by atoms with Gasteiger partial charge in [0.1, 0.15) is 6.10 Å². The van der Waals surface area contributed by atoms with E-state index < -0.39 is 6.16 Å². The highest BCUT2D eigenvalue weighted by atomic mass is 16.7. The minimum absolute atomic E-state index is 0.199. The lowest BCUT2D eigenvalue weighted by molar-refractivity contribution is 0.0182. The Balaban J connectivity index is 2.35. The molecule has 0 aromatic heterocycles. The summed E-state index contributed by atoms with van der Waals surface area (Å²) in [5, 5.41) is 0. The van der Waals surface area contributed by atoms with Gasteiger partial charge in [-0.2, -0.15) is 0 Å². The molecule has 0 saturated heterocycles. The van der Waals surface area contributed by atoms with E-state index in [0.717, 1.165) is 31.2 Å². The molecular weight excluding hydrogens is 312 g/mol. The van der Waals surface area contributed by atoms with Crippen molar-refractivity contribution in [2.24, 2.45) is 0 Å². The maximum absolute atomic E-state index is 12.0. The van der Waals surface area contributed by atoms with E-state index in [1.54, 1.807) is 0 Å². The highest BCUT2D eigenvalue weighted by Gasteiger charge is 2.17. The fourth-order valence-corrected chi connectivity index (χ4v) is 2.91. The number of carbonyl (C=O) groups excluding carboxylic acids is 1. The van der Waals surface area contributed by atoms with Crippen LogP contribution in [0.1, 0.15) is 96.1 Å². The van der Waals surface area contributed by atoms with Gasteiger partial charge in [-0.05, 0) is 24.8 Å². The molecule has 0 radical (unpaired) electrons. The Morgan fingerprint density at radius 3 is 2.08 bits per heavy atom. The molecule has 0 spiro atoms. The highest BCUT2D eigenvalue weighted by Crippen LogP contribution is 2.24. The van der Waals surface area contributed by atoms with Gasteiger partial charge in [0.25, 0.3) is 0 Å². The Morgan fingerprint density at radius 2 is 1.44 bits per heavy atom. The predicted octanol–water partition coefficient (Wildman–Crippen LogP) is 7.21. The molecule has 1 rings (SSSR count). The number of hydrogen-bond acceptors (Lipinski definition) is 3. The molecule has 1 unspecified atom stereocenters. The van der Waals surface area contributed by atoms with Gasteiger partial charge < -0.3 is 9.47 Å². The summed E-state index contributed by atoms with van der Waals surface area (Å²) < 4.78 is 10.9. The van der Waals surface area contributed by atoms with E-state index in [1.165, 1.54) is 44.9 Å². The van der Waals surface area contributed by atoms with E-state index in [1.807, 2.05) is 30.3 Å². The molecular formula is C22H36O3. The van der Waals surface area contributed by atoms with E-state index in [-0.39, 0.29) is 6.10 Å². The lowest BCUT2D eigenvalue weighted by atomic mass is 10.0. The zero-order valence-electron chi connectivity index (χ0n) is 16.2. The van der Waals surface area contributed by atoms with Crippen LogP contribution < -0.4 is 0 Å². The number of rotatable bonds is 14. The second-order valence-electron chi connectivity index (χ2n) is 6.73. The SMILES string of the molecule is CCCCCCCOC(=O)OC(CCCCCCC)c1ccccc1. The summed E-state index contributed by atoms with van der Waals surface area (Å²) in [5.41, 5.74) is 1.05. The summed E-state index contributed by atoms with van der Waals surface area (Å²) in [5.74, 6) is 0. The lowest BCUT2D eigenvalue weighted by Crippen LogP contribution is -2.14. The predicted molar refractivity (Wildman–Crippen MR) is 104 cm³/mol. The van der Waals surface area contributed by atoms with Crippen molar-refractivity contribution in [2.45, 2.75) is 90.6 Å². The molecule has 0 saturated carbocycles. The van der Waals surface area contributed by atoms with Gasteiger partial charge in [-0.3, -0.25) is 0 Å². The zero-order chi connectivity index (χ0) is 18.2. The fourth-order valence-electron chi connectivity index (χ4n) is 2.91. The Kier molecular flexibility index (Phi) is 12.7. The van der Waals surface area contributed by atoms with Crippen LogP contribution in [0, 0.1) is 0 Å². The maximum Gasteiger partial charge on any atom is 0.508 e. The molecule has 3 nitrogen and oxygen atoms in total. The average Bonchev–Trinajstić information content (AvgIpc) is 2.64. The number of carbonyl (C=O) groups is 1. The molecule has 0 amide bonds. The van der Waals surface area contributed by atoms with Crippen molar-refractivity contribution >= 4 is 6.16 Å². The highest BCUT2D eigenvalue weighted by molar-refractivity contribution is 5.60. The van der Waals surface area contributed by atoms with Crippen molar-refractivity contribution in [1.82, 2.24) is 0 Å². The first-order valence-corrected chi connectivity index (χ1v) is 10.2. The number of benzene rings is 1. The summed E-state index contributed by atoms with van der Waals surface area (Å²) >= 11 is 0. The summed E-state index contributed by atoms with van der Waals surface area (Å²) in [7, 11) is 0. The first-order valence-electron chi connectivity index (χ1n) is 10.2. The van der Waals surface area contributed by atoms with E-state index in [2.05, 4.69) is 13.8 Å². The van der Waals surface area contributed by atoms with Gasteiger partial charge in [-0.15, -0.1) is 0 Å². The quantitative estimate of drug-likeness (QED) is 0.263. The van der Waals surface area contributed by atoms with Gasteiger partial charge >= 0.3 is 6.16 Å². The average molecular weight is 349 g/mol. The van der Waals surface area contributed by atoms with E-state index in [0.29, 0.717) is 6.61 Å². The second kappa shape index (κ2) is 14.8. The molecule has 1 atom stereocenters. The molecule has 0 N–H and O–H groups in total. The molecule has 0 heterocycles. The second-order valence-corrected chi connectivity index (χ2v) is 6.73. The van der Waals surface area contributed by atoms with Crippen LogP contribution in [-0.4, -0.2) is 12.8 Å².